The van der Waals surface area contributed by atoms with E-state index in [1.807, 2.05) is 48.5 Å². The Morgan fingerprint density at radius 1 is 0.703 bits per heavy atom. The molecule has 11 nitrogen and oxygen atoms in total. The van der Waals surface area contributed by atoms with E-state index in [0.29, 0.717) is 11.7 Å². The molecule has 2 heterocycles. The predicted octanol–water partition coefficient (Wildman–Crippen LogP) is -0.538. The summed E-state index contributed by atoms with van der Waals surface area (Å²) in [6.45, 7) is 12.0. The van der Waals surface area contributed by atoms with Crippen molar-refractivity contribution < 1.29 is 0 Å². The van der Waals surface area contributed by atoms with Gasteiger partial charge in [-0.15, -0.1) is 0 Å². The summed E-state index contributed by atoms with van der Waals surface area (Å²) in [6, 6.07) is 15.1. The first-order valence-corrected chi connectivity index (χ1v) is 12.9. The first-order valence-electron chi connectivity index (χ1n) is 12.9. The van der Waals surface area contributed by atoms with E-state index in [-0.39, 0.29) is 0 Å². The Bertz CT molecular complexity index is 961. The molecule has 0 aromatic heterocycles. The second-order valence-corrected chi connectivity index (χ2v) is 9.06. The Hall–Kier alpha value is -3.22. The molecule has 2 aromatic carbocycles. The van der Waals surface area contributed by atoms with Gasteiger partial charge in [-0.1, -0.05) is 0 Å². The minimum Gasteiger partial charge on any atom is -0.399 e. The van der Waals surface area contributed by atoms with Crippen molar-refractivity contribution in [2.45, 2.75) is 0 Å². The van der Waals surface area contributed by atoms with Gasteiger partial charge in [-0.05, 0) is 48.5 Å². The summed E-state index contributed by atoms with van der Waals surface area (Å²) in [5.41, 5.74) is 23.6. The quantitative estimate of drug-likeness (QED) is 0.0771. The average molecular weight is 510 g/mol. The van der Waals surface area contributed by atoms with Gasteiger partial charge in [0.15, 0.2) is 0 Å². The Morgan fingerprint density at radius 2 is 1.11 bits per heavy atom. The lowest BCUT2D eigenvalue weighted by Crippen LogP contribution is -2.44. The van der Waals surface area contributed by atoms with Crippen molar-refractivity contribution in [1.29, 1.82) is 0 Å². The summed E-state index contributed by atoms with van der Waals surface area (Å²) in [7, 11) is 0. The van der Waals surface area contributed by atoms with Gasteiger partial charge in [0.25, 0.3) is 0 Å². The fourth-order valence-electron chi connectivity index (χ4n) is 4.07. The smallest absolute Gasteiger partial charge is 0.125 e. The summed E-state index contributed by atoms with van der Waals surface area (Å²) in [4.78, 5) is 13.6. The number of nitrogens with one attached hydrogen (secondary N) is 3. The number of aliphatic imine (C=N–C) groups is 2. The average Bonchev–Trinajstić information content (AvgIpc) is 2.95. The Kier molecular flexibility index (Phi) is 12.1. The number of benzene rings is 2. The van der Waals surface area contributed by atoms with Gasteiger partial charge in [0.05, 0.1) is 13.1 Å². The third-order valence-electron chi connectivity index (χ3n) is 6.37. The van der Waals surface area contributed by atoms with Crippen LogP contribution >= 0.6 is 0 Å². The molecular weight excluding hydrogens is 466 g/mol. The molecule has 2 aromatic rings. The van der Waals surface area contributed by atoms with E-state index in [0.717, 1.165) is 101 Å². The van der Waals surface area contributed by atoms with Gasteiger partial charge in [-0.3, -0.25) is 25.6 Å². The summed E-state index contributed by atoms with van der Waals surface area (Å²) in [6.07, 6.45) is 0. The molecule has 2 saturated heterocycles. The van der Waals surface area contributed by atoms with Crippen LogP contribution in [0.5, 0.6) is 0 Å². The van der Waals surface area contributed by atoms with Crippen molar-refractivity contribution in [2.75, 3.05) is 89.7 Å². The number of rotatable bonds is 9. The first kappa shape index (κ1) is 28.4. The molecule has 37 heavy (non-hydrogen) atoms. The van der Waals surface area contributed by atoms with Gasteiger partial charge < -0.3 is 33.3 Å². The molecule has 0 spiro atoms. The number of piperazine rings is 2. The lowest BCUT2D eigenvalue weighted by atomic mass is 10.2. The number of nitrogens with two attached hydrogens (primary N) is 4. The number of nitrogen functional groups attached to an aromatic ring is 2. The Morgan fingerprint density at radius 3 is 1.51 bits per heavy atom. The van der Waals surface area contributed by atoms with E-state index in [9.17, 15) is 0 Å². The minimum atomic E-state index is 0.582. The highest BCUT2D eigenvalue weighted by Gasteiger charge is 2.09. The maximum atomic E-state index is 5.97. The number of hydrazine groups is 1. The van der Waals surface area contributed by atoms with Crippen LogP contribution in [0, 0.1) is 0 Å². The van der Waals surface area contributed by atoms with Gasteiger partial charge in [0.1, 0.15) is 11.7 Å². The molecule has 11 N–H and O–H groups in total. The summed E-state index contributed by atoms with van der Waals surface area (Å²) in [5, 5.41) is 6.66. The zero-order chi connectivity index (χ0) is 26.3. The van der Waals surface area contributed by atoms with Crippen molar-refractivity contribution in [3.05, 3.63) is 59.7 Å². The topological polar surface area (TPSA) is 171 Å². The molecule has 2 aliphatic heterocycles. The molecule has 4 rings (SSSR count). The Labute approximate surface area is 220 Å². The van der Waals surface area contributed by atoms with E-state index in [1.165, 1.54) is 0 Å². The van der Waals surface area contributed by atoms with Crippen LogP contribution in [0.1, 0.15) is 11.1 Å². The van der Waals surface area contributed by atoms with Crippen molar-refractivity contribution in [3.8, 4) is 0 Å². The van der Waals surface area contributed by atoms with Gasteiger partial charge >= 0.3 is 0 Å². The number of nitrogens with zero attached hydrogens (tertiary/aromatic N) is 4. The molecule has 0 bridgehead atoms. The molecule has 202 valence electrons. The molecule has 2 fully saturated rings. The van der Waals surface area contributed by atoms with E-state index in [2.05, 4.69) is 35.8 Å². The molecule has 0 aliphatic carbocycles. The van der Waals surface area contributed by atoms with Crippen LogP contribution < -0.4 is 39.1 Å². The Balaban J connectivity index is 0.000000206. The maximum absolute atomic E-state index is 5.97. The largest absolute Gasteiger partial charge is 0.399 e. The molecule has 0 atom stereocenters. The summed E-state index contributed by atoms with van der Waals surface area (Å²) < 4.78 is 0. The summed E-state index contributed by atoms with van der Waals surface area (Å²) >= 11 is 0. The second-order valence-electron chi connectivity index (χ2n) is 9.06. The van der Waals surface area contributed by atoms with Gasteiger partial charge in [-0.25, -0.2) is 0 Å². The van der Waals surface area contributed by atoms with Gasteiger partial charge in [0.2, 0.25) is 0 Å². The van der Waals surface area contributed by atoms with E-state index in [1.54, 1.807) is 0 Å². The summed E-state index contributed by atoms with van der Waals surface area (Å²) in [5.74, 6) is 6.49. The third kappa shape index (κ3) is 10.3. The monoisotopic (exact) mass is 509 g/mol. The van der Waals surface area contributed by atoms with E-state index in [4.69, 9.17) is 23.0 Å². The molecular formula is C26H43N11. The highest BCUT2D eigenvalue weighted by Crippen LogP contribution is 2.08. The zero-order valence-corrected chi connectivity index (χ0v) is 21.7. The van der Waals surface area contributed by atoms with Crippen LogP contribution in [0.15, 0.2) is 58.5 Å². The lowest BCUT2D eigenvalue weighted by molar-refractivity contribution is 0.247. The fourth-order valence-corrected chi connectivity index (χ4v) is 4.07. The molecule has 2 aliphatic rings. The standard InChI is InChI=1S/C13H22N6.C13H21N5/c14-13(11-1-3-12(18-15)4-2-11)17-7-10-19-8-5-16-6-9-19;14-12-3-1-11(2-4-12)13(15)17-7-10-18-8-5-16-6-9-18/h1-4,16,18H,5-10,15H2,(H2,14,17);1-4,16H,5-10,14H2,(H2,15,17). The number of amidine groups is 2. The predicted molar refractivity (Wildman–Crippen MR) is 155 cm³/mol. The molecule has 0 unspecified atom stereocenters. The van der Waals surface area contributed by atoms with Crippen LogP contribution in [0.25, 0.3) is 0 Å². The van der Waals surface area contributed by atoms with Crippen LogP contribution in [0.2, 0.25) is 0 Å². The highest BCUT2D eigenvalue weighted by molar-refractivity contribution is 5.98. The van der Waals surface area contributed by atoms with Crippen LogP contribution in [-0.4, -0.2) is 100 Å². The van der Waals surface area contributed by atoms with E-state index < -0.39 is 0 Å². The fraction of sp³-hybridized carbons (Fsp3) is 0.462. The van der Waals surface area contributed by atoms with Crippen molar-refractivity contribution in [3.63, 3.8) is 0 Å². The van der Waals surface area contributed by atoms with Crippen LogP contribution in [-0.2, 0) is 0 Å². The van der Waals surface area contributed by atoms with E-state index >= 15 is 0 Å². The first-order chi connectivity index (χ1) is 18.0. The third-order valence-corrected chi connectivity index (χ3v) is 6.37. The SMILES string of the molecule is NC(=NCCN1CCNCC1)c1ccc(N)cc1.NNc1ccc(C(N)=NCCN2CCNCC2)cc1. The van der Waals surface area contributed by atoms with Gasteiger partial charge in [0, 0.05) is 87.9 Å². The molecule has 0 saturated carbocycles. The van der Waals surface area contributed by atoms with Gasteiger partial charge in [-0.2, -0.15) is 0 Å². The lowest BCUT2D eigenvalue weighted by Gasteiger charge is -2.26. The second kappa shape index (κ2) is 15.8. The van der Waals surface area contributed by atoms with Crippen LogP contribution in [0.4, 0.5) is 11.4 Å². The zero-order valence-electron chi connectivity index (χ0n) is 21.7. The normalized spacial score (nSPS) is 17.6. The number of hydrogen-bond donors (Lipinski definition) is 7. The van der Waals surface area contributed by atoms with Crippen molar-refractivity contribution in [2.24, 2.45) is 27.3 Å². The molecule has 0 radical (unpaired) electrons. The van der Waals surface area contributed by atoms with Crippen molar-refractivity contribution in [1.82, 2.24) is 20.4 Å². The van der Waals surface area contributed by atoms with Crippen molar-refractivity contribution >= 4 is 23.0 Å². The molecule has 11 heteroatoms. The number of hydrogen-bond acceptors (Lipinski definition) is 9. The number of anilines is 2. The highest BCUT2D eigenvalue weighted by atomic mass is 15.2. The maximum Gasteiger partial charge on any atom is 0.125 e. The minimum absolute atomic E-state index is 0.582. The molecule has 0 amide bonds. The van der Waals surface area contributed by atoms with Crippen LogP contribution in [0.3, 0.4) is 0 Å².